The van der Waals surface area contributed by atoms with Crippen LogP contribution in [-0.2, 0) is 14.3 Å². The Balaban J connectivity index is 4.43. The Kier molecular flexibility index (Phi) is 5.61. The molecular formula is C12H23NO4. The molecule has 0 aliphatic carbocycles. The van der Waals surface area contributed by atoms with Crippen LogP contribution in [-0.4, -0.2) is 43.3 Å². The maximum Gasteiger partial charge on any atom is 0.315 e. The Bertz CT molecular complexity index is 288. The fraction of sp³-hybridized carbons (Fsp3) is 0.833. The number of carbonyl (C=O) groups excluding carboxylic acids is 2. The number of carboxylic acids is 1. The maximum absolute atomic E-state index is 11.7. The van der Waals surface area contributed by atoms with Crippen LogP contribution in [0.3, 0.4) is 0 Å². The Morgan fingerprint density at radius 2 is 1.82 bits per heavy atom. The molecule has 0 heterocycles. The standard InChI is InChI=1S/C12H23NO4/c1-6-12(3,4)11(16)17-9-13(5,7-2)8-10(14)15/h6-9H2,1-5H3. The van der Waals surface area contributed by atoms with E-state index in [4.69, 9.17) is 4.74 Å². The molecule has 0 spiro atoms. The second-order valence-electron chi connectivity index (χ2n) is 5.26. The molecular weight excluding hydrogens is 222 g/mol. The summed E-state index contributed by atoms with van der Waals surface area (Å²) >= 11 is 0. The highest BCUT2D eigenvalue weighted by Gasteiger charge is 2.30. The van der Waals surface area contributed by atoms with Crippen LogP contribution in [0.1, 0.15) is 34.1 Å². The van der Waals surface area contributed by atoms with Crippen LogP contribution in [0.4, 0.5) is 0 Å². The van der Waals surface area contributed by atoms with Crippen molar-refractivity contribution in [3.05, 3.63) is 0 Å². The zero-order chi connectivity index (χ0) is 13.7. The van der Waals surface area contributed by atoms with Crippen LogP contribution in [0.25, 0.3) is 0 Å². The van der Waals surface area contributed by atoms with Gasteiger partial charge in [0.05, 0.1) is 25.0 Å². The second-order valence-corrected chi connectivity index (χ2v) is 5.26. The van der Waals surface area contributed by atoms with E-state index in [0.717, 1.165) is 0 Å². The first-order chi connectivity index (χ1) is 7.67. The number of nitrogens with zero attached hydrogens (tertiary/aromatic N) is 1. The minimum atomic E-state index is -1.14. The van der Waals surface area contributed by atoms with Gasteiger partial charge in [-0.1, -0.05) is 6.92 Å². The Morgan fingerprint density at radius 1 is 1.29 bits per heavy atom. The molecule has 1 atom stereocenters. The predicted molar refractivity (Wildman–Crippen MR) is 61.6 cm³/mol. The zero-order valence-corrected chi connectivity index (χ0v) is 11.4. The molecule has 0 bridgehead atoms. The molecule has 100 valence electrons. The average Bonchev–Trinajstić information content (AvgIpc) is 2.25. The van der Waals surface area contributed by atoms with Gasteiger partial charge in [-0.2, -0.15) is 0 Å². The lowest BCUT2D eigenvalue weighted by molar-refractivity contribution is -0.918. The lowest BCUT2D eigenvalue weighted by Gasteiger charge is -2.33. The number of ether oxygens (including phenoxy) is 1. The smallest absolute Gasteiger partial charge is 0.315 e. The summed E-state index contributed by atoms with van der Waals surface area (Å²) in [4.78, 5) is 22.4. The molecule has 0 rings (SSSR count). The molecule has 0 aromatic heterocycles. The zero-order valence-electron chi connectivity index (χ0n) is 11.4. The number of likely N-dealkylation sites (N-methyl/N-ethyl adjacent to an activating group) is 1. The molecule has 0 saturated heterocycles. The quantitative estimate of drug-likeness (QED) is 0.363. The van der Waals surface area contributed by atoms with E-state index >= 15 is 0 Å². The topological polar surface area (TPSA) is 66.4 Å². The molecule has 0 aromatic carbocycles. The van der Waals surface area contributed by atoms with Gasteiger partial charge in [-0.25, -0.2) is 0 Å². The molecule has 0 amide bonds. The van der Waals surface area contributed by atoms with Gasteiger partial charge in [0, 0.05) is 0 Å². The summed E-state index contributed by atoms with van der Waals surface area (Å²) in [6.07, 6.45) is 0.683. The van der Waals surface area contributed by atoms with Crippen LogP contribution in [0.2, 0.25) is 0 Å². The van der Waals surface area contributed by atoms with Gasteiger partial charge in [-0.05, 0) is 27.2 Å². The lowest BCUT2D eigenvalue weighted by Crippen LogP contribution is -2.53. The number of hydrogen-bond donors (Lipinski definition) is 0. The molecule has 1 unspecified atom stereocenters. The maximum atomic E-state index is 11.7. The van der Waals surface area contributed by atoms with Gasteiger partial charge in [0.15, 0.2) is 0 Å². The van der Waals surface area contributed by atoms with E-state index in [9.17, 15) is 14.7 Å². The number of carboxylic acid groups (broad SMARTS) is 1. The molecule has 0 aliphatic heterocycles. The highest BCUT2D eigenvalue weighted by molar-refractivity contribution is 5.75. The predicted octanol–water partition coefficient (Wildman–Crippen LogP) is 0.140. The van der Waals surface area contributed by atoms with Gasteiger partial charge >= 0.3 is 5.97 Å². The van der Waals surface area contributed by atoms with Crippen molar-refractivity contribution in [2.75, 3.05) is 26.9 Å². The summed E-state index contributed by atoms with van der Waals surface area (Å²) < 4.78 is 5.33. The Labute approximate surface area is 103 Å². The van der Waals surface area contributed by atoms with Crippen molar-refractivity contribution in [3.8, 4) is 0 Å². The first-order valence-electron chi connectivity index (χ1n) is 5.87. The summed E-state index contributed by atoms with van der Waals surface area (Å²) in [5, 5.41) is 10.6. The Morgan fingerprint density at radius 3 is 2.18 bits per heavy atom. The second kappa shape index (κ2) is 6.00. The summed E-state index contributed by atoms with van der Waals surface area (Å²) in [5.41, 5.74) is -0.528. The molecule has 5 heteroatoms. The third-order valence-corrected chi connectivity index (χ3v) is 3.22. The number of hydrogen-bond acceptors (Lipinski definition) is 4. The van der Waals surface area contributed by atoms with Crippen LogP contribution in [0.5, 0.6) is 0 Å². The third kappa shape index (κ3) is 5.17. The van der Waals surface area contributed by atoms with E-state index in [1.54, 1.807) is 7.05 Å². The van der Waals surface area contributed by atoms with E-state index in [-0.39, 0.29) is 23.7 Å². The molecule has 17 heavy (non-hydrogen) atoms. The number of esters is 1. The molecule has 5 nitrogen and oxygen atoms in total. The number of quaternary nitrogens is 1. The van der Waals surface area contributed by atoms with Crippen molar-refractivity contribution in [3.63, 3.8) is 0 Å². The highest BCUT2D eigenvalue weighted by atomic mass is 16.5. The van der Waals surface area contributed by atoms with Gasteiger partial charge in [0.25, 0.3) is 0 Å². The summed E-state index contributed by atoms with van der Waals surface area (Å²) in [5.74, 6) is -1.43. The molecule has 0 aromatic rings. The van der Waals surface area contributed by atoms with Crippen LogP contribution in [0, 0.1) is 5.41 Å². The third-order valence-electron chi connectivity index (χ3n) is 3.22. The average molecular weight is 245 g/mol. The van der Waals surface area contributed by atoms with E-state index in [0.29, 0.717) is 13.0 Å². The van der Waals surface area contributed by atoms with Crippen molar-refractivity contribution in [1.82, 2.24) is 0 Å². The summed E-state index contributed by atoms with van der Waals surface area (Å²) in [6, 6.07) is 0. The van der Waals surface area contributed by atoms with Crippen molar-refractivity contribution in [1.29, 1.82) is 0 Å². The van der Waals surface area contributed by atoms with E-state index in [2.05, 4.69) is 0 Å². The molecule has 0 radical (unpaired) electrons. The monoisotopic (exact) mass is 245 g/mol. The molecule has 0 fully saturated rings. The van der Waals surface area contributed by atoms with E-state index < -0.39 is 11.4 Å². The van der Waals surface area contributed by atoms with Crippen molar-refractivity contribution >= 4 is 11.9 Å². The van der Waals surface area contributed by atoms with Gasteiger partial charge < -0.3 is 14.6 Å². The van der Waals surface area contributed by atoms with Crippen molar-refractivity contribution in [2.45, 2.75) is 34.1 Å². The van der Waals surface area contributed by atoms with Gasteiger partial charge in [0.2, 0.25) is 6.73 Å². The van der Waals surface area contributed by atoms with Crippen LogP contribution in [0.15, 0.2) is 0 Å². The first kappa shape index (κ1) is 15.9. The first-order valence-corrected chi connectivity index (χ1v) is 5.87. The van der Waals surface area contributed by atoms with Crippen molar-refractivity contribution < 1.29 is 23.9 Å². The van der Waals surface area contributed by atoms with Crippen molar-refractivity contribution in [2.24, 2.45) is 5.41 Å². The minimum absolute atomic E-state index is 0.0622. The normalized spacial score (nSPS) is 15.1. The largest absolute Gasteiger partial charge is 0.544 e. The SMILES string of the molecule is CCC(C)(C)C(=O)OC[N+](C)(CC)CC(=O)[O-]. The fourth-order valence-corrected chi connectivity index (χ4v) is 1.11. The number of rotatable bonds is 7. The van der Waals surface area contributed by atoms with Crippen LogP contribution >= 0.6 is 0 Å². The lowest BCUT2D eigenvalue weighted by atomic mass is 9.91. The highest BCUT2D eigenvalue weighted by Crippen LogP contribution is 2.21. The summed E-state index contributed by atoms with van der Waals surface area (Å²) in [7, 11) is 1.72. The molecule has 0 aliphatic rings. The van der Waals surface area contributed by atoms with E-state index in [1.807, 2.05) is 27.7 Å². The molecule has 0 N–H and O–H groups in total. The van der Waals surface area contributed by atoms with Gasteiger partial charge in [0.1, 0.15) is 6.54 Å². The minimum Gasteiger partial charge on any atom is -0.544 e. The van der Waals surface area contributed by atoms with Crippen LogP contribution < -0.4 is 5.11 Å². The summed E-state index contributed by atoms with van der Waals surface area (Å²) in [6.45, 7) is 7.85. The number of aliphatic carboxylic acids is 1. The Hall–Kier alpha value is -1.10. The van der Waals surface area contributed by atoms with Gasteiger partial charge in [-0.15, -0.1) is 0 Å². The molecule has 0 saturated carbocycles. The van der Waals surface area contributed by atoms with E-state index in [1.165, 1.54) is 0 Å². The van der Waals surface area contributed by atoms with Gasteiger partial charge in [-0.3, -0.25) is 9.28 Å². The number of carbonyl (C=O) groups is 2. The fourth-order valence-electron chi connectivity index (χ4n) is 1.11.